The molecule has 0 saturated heterocycles. The number of nitrogens with two attached hydrogens (primary N) is 1. The van der Waals surface area contributed by atoms with Crippen molar-refractivity contribution in [1.29, 1.82) is 0 Å². The second-order valence-corrected chi connectivity index (χ2v) is 4.54. The summed E-state index contributed by atoms with van der Waals surface area (Å²) in [5, 5.41) is 6.42. The van der Waals surface area contributed by atoms with E-state index in [2.05, 4.69) is 15.1 Å². The van der Waals surface area contributed by atoms with Gasteiger partial charge in [0.25, 0.3) is 0 Å². The lowest BCUT2D eigenvalue weighted by atomic mass is 10.2. The van der Waals surface area contributed by atoms with Crippen LogP contribution in [0.3, 0.4) is 0 Å². The Hall–Kier alpha value is -2.95. The van der Waals surface area contributed by atoms with Crippen LogP contribution in [0.15, 0.2) is 54.7 Å². The van der Waals surface area contributed by atoms with Gasteiger partial charge in [-0.1, -0.05) is 30.3 Å². The molecule has 2 aromatic heterocycles. The van der Waals surface area contributed by atoms with E-state index in [1.165, 1.54) is 0 Å². The minimum absolute atomic E-state index is 0.248. The molecule has 4 aromatic rings. The van der Waals surface area contributed by atoms with Gasteiger partial charge in [0.2, 0.25) is 5.95 Å². The summed E-state index contributed by atoms with van der Waals surface area (Å²) >= 11 is 0. The van der Waals surface area contributed by atoms with E-state index in [4.69, 9.17) is 5.73 Å². The van der Waals surface area contributed by atoms with Crippen LogP contribution in [0.5, 0.6) is 0 Å². The maximum absolute atomic E-state index is 5.81. The summed E-state index contributed by atoms with van der Waals surface area (Å²) in [6.07, 6.45) is 1.82. The zero-order valence-electron chi connectivity index (χ0n) is 10.6. The first-order valence-electron chi connectivity index (χ1n) is 6.28. The number of hydrogen-bond acceptors (Lipinski definition) is 4. The largest absolute Gasteiger partial charge is 0.368 e. The molecule has 0 aliphatic heterocycles. The van der Waals surface area contributed by atoms with Crippen molar-refractivity contribution in [2.24, 2.45) is 0 Å². The van der Waals surface area contributed by atoms with E-state index in [1.807, 2.05) is 54.7 Å². The molecule has 5 heteroatoms. The minimum Gasteiger partial charge on any atom is -0.368 e. The first-order valence-corrected chi connectivity index (χ1v) is 6.28. The van der Waals surface area contributed by atoms with E-state index >= 15 is 0 Å². The Morgan fingerprint density at radius 3 is 2.65 bits per heavy atom. The van der Waals surface area contributed by atoms with Gasteiger partial charge in [-0.05, 0) is 18.2 Å². The molecule has 0 saturated carbocycles. The van der Waals surface area contributed by atoms with Crippen LogP contribution < -0.4 is 5.73 Å². The highest BCUT2D eigenvalue weighted by molar-refractivity contribution is 5.89. The van der Waals surface area contributed by atoms with Gasteiger partial charge in [-0.25, -0.2) is 9.67 Å². The maximum Gasteiger partial charge on any atom is 0.222 e. The van der Waals surface area contributed by atoms with E-state index in [0.29, 0.717) is 5.82 Å². The number of nitrogen functional groups attached to an aromatic ring is 1. The zero-order chi connectivity index (χ0) is 13.5. The van der Waals surface area contributed by atoms with Crippen LogP contribution in [0.2, 0.25) is 0 Å². The van der Waals surface area contributed by atoms with Crippen LogP contribution in [0.4, 0.5) is 5.95 Å². The number of rotatable bonds is 1. The lowest BCUT2D eigenvalue weighted by Gasteiger charge is -2.07. The molecular formula is C15H11N5. The van der Waals surface area contributed by atoms with Crippen LogP contribution in [-0.4, -0.2) is 19.7 Å². The molecular weight excluding hydrogens is 250 g/mol. The summed E-state index contributed by atoms with van der Waals surface area (Å²) in [5.74, 6) is 0.951. The Balaban J connectivity index is 2.12. The highest BCUT2D eigenvalue weighted by Gasteiger charge is 2.11. The Bertz CT molecular complexity index is 926. The van der Waals surface area contributed by atoms with E-state index < -0.39 is 0 Å². The van der Waals surface area contributed by atoms with E-state index in [0.717, 1.165) is 21.8 Å². The third-order valence-corrected chi connectivity index (χ3v) is 3.28. The van der Waals surface area contributed by atoms with Gasteiger partial charge in [0.15, 0.2) is 5.82 Å². The Kier molecular flexibility index (Phi) is 2.20. The maximum atomic E-state index is 5.81. The van der Waals surface area contributed by atoms with Gasteiger partial charge in [0, 0.05) is 10.8 Å². The van der Waals surface area contributed by atoms with Crippen LogP contribution >= 0.6 is 0 Å². The van der Waals surface area contributed by atoms with Crippen LogP contribution in [-0.2, 0) is 0 Å². The predicted molar refractivity (Wildman–Crippen MR) is 78.6 cm³/mol. The van der Waals surface area contributed by atoms with Gasteiger partial charge in [0.1, 0.15) is 0 Å². The molecule has 2 aromatic carbocycles. The summed E-state index contributed by atoms with van der Waals surface area (Å²) < 4.78 is 1.80. The van der Waals surface area contributed by atoms with E-state index in [1.54, 1.807) is 4.68 Å². The molecule has 0 bridgehead atoms. The molecule has 0 atom stereocenters. The summed E-state index contributed by atoms with van der Waals surface area (Å²) in [5.41, 5.74) is 7.62. The average molecular weight is 261 g/mol. The molecule has 2 N–H and O–H groups in total. The van der Waals surface area contributed by atoms with Crippen molar-refractivity contribution in [3.63, 3.8) is 0 Å². The molecule has 20 heavy (non-hydrogen) atoms. The minimum atomic E-state index is 0.248. The standard InChI is InChI=1S/C15H11N5/c16-15-18-12-7-3-2-6-11(12)14(19-15)20-13-8-4-1-5-10(13)9-17-20/h1-9H,(H2,16,18,19). The fraction of sp³-hybridized carbons (Fsp3) is 0. The number of benzene rings is 2. The summed E-state index contributed by atoms with van der Waals surface area (Å²) in [6.45, 7) is 0. The SMILES string of the molecule is Nc1nc(-n2ncc3ccccc32)c2ccccc2n1. The Morgan fingerprint density at radius 2 is 1.70 bits per heavy atom. The topological polar surface area (TPSA) is 69.6 Å². The third kappa shape index (κ3) is 1.53. The molecule has 4 rings (SSSR count). The third-order valence-electron chi connectivity index (χ3n) is 3.28. The van der Waals surface area contributed by atoms with Crippen molar-refractivity contribution in [1.82, 2.24) is 19.7 Å². The van der Waals surface area contributed by atoms with Gasteiger partial charge >= 0.3 is 0 Å². The van der Waals surface area contributed by atoms with Gasteiger partial charge in [-0.2, -0.15) is 10.1 Å². The quantitative estimate of drug-likeness (QED) is 0.571. The molecule has 0 aliphatic rings. The molecule has 0 aliphatic carbocycles. The first kappa shape index (κ1) is 10.9. The smallest absolute Gasteiger partial charge is 0.222 e. The number of para-hydroxylation sites is 2. The highest BCUT2D eigenvalue weighted by Crippen LogP contribution is 2.23. The summed E-state index contributed by atoms with van der Waals surface area (Å²) in [6, 6.07) is 15.8. The summed E-state index contributed by atoms with van der Waals surface area (Å²) in [7, 11) is 0. The van der Waals surface area contributed by atoms with Crippen molar-refractivity contribution < 1.29 is 0 Å². The van der Waals surface area contributed by atoms with E-state index in [9.17, 15) is 0 Å². The average Bonchev–Trinajstić information content (AvgIpc) is 2.90. The fourth-order valence-corrected chi connectivity index (χ4v) is 2.38. The van der Waals surface area contributed by atoms with Gasteiger partial charge in [-0.3, -0.25) is 0 Å². The van der Waals surface area contributed by atoms with Crippen LogP contribution in [0.1, 0.15) is 0 Å². The molecule has 0 amide bonds. The lowest BCUT2D eigenvalue weighted by Crippen LogP contribution is -2.05. The van der Waals surface area contributed by atoms with Gasteiger partial charge < -0.3 is 5.73 Å². The molecule has 5 nitrogen and oxygen atoms in total. The fourth-order valence-electron chi connectivity index (χ4n) is 2.38. The van der Waals surface area contributed by atoms with Crippen LogP contribution in [0.25, 0.3) is 27.6 Å². The molecule has 2 heterocycles. The lowest BCUT2D eigenvalue weighted by molar-refractivity contribution is 0.881. The predicted octanol–water partition coefficient (Wildman–Crippen LogP) is 2.55. The zero-order valence-corrected chi connectivity index (χ0v) is 10.6. The van der Waals surface area contributed by atoms with Gasteiger partial charge in [0.05, 0.1) is 17.2 Å². The summed E-state index contributed by atoms with van der Waals surface area (Å²) in [4.78, 5) is 8.61. The number of fused-ring (bicyclic) bond motifs is 2. The monoisotopic (exact) mass is 261 g/mol. The second kappa shape index (κ2) is 4.03. The van der Waals surface area contributed by atoms with Gasteiger partial charge in [-0.15, -0.1) is 0 Å². The van der Waals surface area contributed by atoms with Crippen molar-refractivity contribution in [2.75, 3.05) is 5.73 Å². The first-order chi connectivity index (χ1) is 9.83. The number of nitrogens with zero attached hydrogens (tertiary/aromatic N) is 4. The van der Waals surface area contributed by atoms with Crippen molar-refractivity contribution in [3.05, 3.63) is 54.7 Å². The Labute approximate surface area is 114 Å². The number of anilines is 1. The molecule has 96 valence electrons. The number of aromatic nitrogens is 4. The molecule has 0 unspecified atom stereocenters. The number of hydrogen-bond donors (Lipinski definition) is 1. The second-order valence-electron chi connectivity index (χ2n) is 4.54. The Morgan fingerprint density at radius 1 is 0.900 bits per heavy atom. The molecule has 0 radical (unpaired) electrons. The van der Waals surface area contributed by atoms with Crippen molar-refractivity contribution >= 4 is 27.8 Å². The van der Waals surface area contributed by atoms with Crippen molar-refractivity contribution in [3.8, 4) is 5.82 Å². The van der Waals surface area contributed by atoms with E-state index in [-0.39, 0.29) is 5.95 Å². The molecule has 0 spiro atoms. The normalized spacial score (nSPS) is 11.2. The van der Waals surface area contributed by atoms with Crippen LogP contribution in [0, 0.1) is 0 Å². The highest BCUT2D eigenvalue weighted by atomic mass is 15.3. The molecule has 0 fully saturated rings. The van der Waals surface area contributed by atoms with Crippen molar-refractivity contribution in [2.45, 2.75) is 0 Å².